The van der Waals surface area contributed by atoms with E-state index in [9.17, 15) is 0 Å². The molecule has 1 unspecified atom stereocenters. The van der Waals surface area contributed by atoms with Gasteiger partial charge in [0.1, 0.15) is 11.5 Å². The molecule has 0 aliphatic rings. The molecule has 3 nitrogen and oxygen atoms in total. The number of nitrogens with one attached hydrogen (secondary N) is 1. The van der Waals surface area contributed by atoms with E-state index < -0.39 is 0 Å². The van der Waals surface area contributed by atoms with Gasteiger partial charge in [-0.25, -0.2) is 0 Å². The Bertz CT molecular complexity index is 564. The molecule has 0 bridgehead atoms. The Balaban J connectivity index is 2.57. The Morgan fingerprint density at radius 2 is 1.60 bits per heavy atom. The molecule has 4 heteroatoms. The van der Waals surface area contributed by atoms with E-state index in [-0.39, 0.29) is 6.04 Å². The maximum atomic E-state index is 5.50. The van der Waals surface area contributed by atoms with Gasteiger partial charge in [-0.1, -0.05) is 18.2 Å². The fraction of sp³-hybridized carbons (Fsp3) is 0.250. The van der Waals surface area contributed by atoms with Crippen molar-refractivity contribution in [1.29, 1.82) is 0 Å². The highest BCUT2D eigenvalue weighted by Gasteiger charge is 2.21. The first kappa shape index (κ1) is 15.1. The van der Waals surface area contributed by atoms with Crippen LogP contribution in [-0.4, -0.2) is 21.3 Å². The van der Waals surface area contributed by atoms with Crippen molar-refractivity contribution >= 4 is 22.6 Å². The first-order chi connectivity index (χ1) is 9.71. The highest BCUT2D eigenvalue weighted by Crippen LogP contribution is 2.37. The SMILES string of the molecule is CNC(c1cccc(I)c1)c1c(OC)cccc1OC. The number of rotatable bonds is 5. The summed E-state index contributed by atoms with van der Waals surface area (Å²) in [4.78, 5) is 0. The predicted octanol–water partition coefficient (Wildman–Crippen LogP) is 3.62. The lowest BCUT2D eigenvalue weighted by Crippen LogP contribution is -2.19. The summed E-state index contributed by atoms with van der Waals surface area (Å²) >= 11 is 2.32. The molecule has 0 aliphatic heterocycles. The number of ether oxygens (including phenoxy) is 2. The number of benzene rings is 2. The Hall–Kier alpha value is -1.27. The topological polar surface area (TPSA) is 30.5 Å². The lowest BCUT2D eigenvalue weighted by atomic mass is 9.97. The Morgan fingerprint density at radius 1 is 1.00 bits per heavy atom. The summed E-state index contributed by atoms with van der Waals surface area (Å²) in [7, 11) is 5.30. The molecule has 2 rings (SSSR count). The van der Waals surface area contributed by atoms with Crippen LogP contribution in [0.4, 0.5) is 0 Å². The van der Waals surface area contributed by atoms with Crippen LogP contribution in [0.5, 0.6) is 11.5 Å². The molecule has 2 aromatic rings. The zero-order valence-electron chi connectivity index (χ0n) is 11.8. The van der Waals surface area contributed by atoms with Gasteiger partial charge in [-0.3, -0.25) is 0 Å². The van der Waals surface area contributed by atoms with E-state index in [4.69, 9.17) is 9.47 Å². The minimum atomic E-state index is 0.0239. The predicted molar refractivity (Wildman–Crippen MR) is 89.6 cm³/mol. The van der Waals surface area contributed by atoms with Gasteiger partial charge in [0.25, 0.3) is 0 Å². The van der Waals surface area contributed by atoms with E-state index in [1.165, 1.54) is 9.13 Å². The highest BCUT2D eigenvalue weighted by molar-refractivity contribution is 14.1. The summed E-state index contributed by atoms with van der Waals surface area (Å²) < 4.78 is 12.2. The van der Waals surface area contributed by atoms with Gasteiger partial charge in [-0.2, -0.15) is 0 Å². The summed E-state index contributed by atoms with van der Waals surface area (Å²) in [5, 5.41) is 3.35. The fourth-order valence-electron chi connectivity index (χ4n) is 2.33. The van der Waals surface area contributed by atoms with E-state index in [0.29, 0.717) is 0 Å². The Morgan fingerprint density at radius 3 is 2.10 bits per heavy atom. The van der Waals surface area contributed by atoms with Crippen molar-refractivity contribution in [3.05, 3.63) is 57.2 Å². The average Bonchev–Trinajstić information content (AvgIpc) is 2.48. The number of hydrogen-bond acceptors (Lipinski definition) is 3. The van der Waals surface area contributed by atoms with Crippen LogP contribution in [0.25, 0.3) is 0 Å². The number of halogens is 1. The van der Waals surface area contributed by atoms with Crippen molar-refractivity contribution in [3.63, 3.8) is 0 Å². The van der Waals surface area contributed by atoms with Crippen molar-refractivity contribution in [2.24, 2.45) is 0 Å². The van der Waals surface area contributed by atoms with Gasteiger partial charge in [-0.05, 0) is 59.5 Å². The lowest BCUT2D eigenvalue weighted by molar-refractivity contribution is 0.379. The van der Waals surface area contributed by atoms with Crippen LogP contribution in [0.1, 0.15) is 17.2 Å². The van der Waals surface area contributed by atoms with Crippen molar-refractivity contribution in [2.75, 3.05) is 21.3 Å². The summed E-state index contributed by atoms with van der Waals surface area (Å²) in [6, 6.07) is 14.3. The van der Waals surface area contributed by atoms with Gasteiger partial charge in [0.15, 0.2) is 0 Å². The molecule has 106 valence electrons. The first-order valence-electron chi connectivity index (χ1n) is 6.35. The largest absolute Gasteiger partial charge is 0.496 e. The second kappa shape index (κ2) is 6.95. The van der Waals surface area contributed by atoms with E-state index in [0.717, 1.165) is 17.1 Å². The molecular formula is C16H18INO2. The fourth-order valence-corrected chi connectivity index (χ4v) is 2.90. The van der Waals surface area contributed by atoms with E-state index in [1.807, 2.05) is 25.2 Å². The molecule has 1 N–H and O–H groups in total. The molecule has 0 radical (unpaired) electrons. The molecule has 1 atom stereocenters. The van der Waals surface area contributed by atoms with Crippen LogP contribution < -0.4 is 14.8 Å². The summed E-state index contributed by atoms with van der Waals surface area (Å²) in [5.74, 6) is 1.64. The second-order valence-electron chi connectivity index (χ2n) is 4.35. The molecule has 0 aromatic heterocycles. The average molecular weight is 383 g/mol. The molecule has 0 fully saturated rings. The summed E-state index contributed by atoms with van der Waals surface area (Å²) in [6.07, 6.45) is 0. The molecular weight excluding hydrogens is 365 g/mol. The summed E-state index contributed by atoms with van der Waals surface area (Å²) in [5.41, 5.74) is 2.20. The number of methoxy groups -OCH3 is 2. The van der Waals surface area contributed by atoms with E-state index in [2.05, 4.69) is 52.2 Å². The molecule has 0 aliphatic carbocycles. The third-order valence-electron chi connectivity index (χ3n) is 3.23. The van der Waals surface area contributed by atoms with Crippen LogP contribution in [0.2, 0.25) is 0 Å². The molecule has 2 aromatic carbocycles. The van der Waals surface area contributed by atoms with Crippen LogP contribution >= 0.6 is 22.6 Å². The molecule has 0 heterocycles. The van der Waals surface area contributed by atoms with Gasteiger partial charge in [0.2, 0.25) is 0 Å². The quantitative estimate of drug-likeness (QED) is 0.801. The van der Waals surface area contributed by atoms with Gasteiger partial charge >= 0.3 is 0 Å². The molecule has 20 heavy (non-hydrogen) atoms. The highest BCUT2D eigenvalue weighted by atomic mass is 127. The molecule has 0 amide bonds. The van der Waals surface area contributed by atoms with Gasteiger partial charge in [-0.15, -0.1) is 0 Å². The smallest absolute Gasteiger partial charge is 0.127 e. The zero-order valence-corrected chi connectivity index (χ0v) is 14.0. The zero-order chi connectivity index (χ0) is 14.5. The number of hydrogen-bond donors (Lipinski definition) is 1. The van der Waals surface area contributed by atoms with Crippen LogP contribution in [-0.2, 0) is 0 Å². The van der Waals surface area contributed by atoms with Crippen LogP contribution in [0.15, 0.2) is 42.5 Å². The van der Waals surface area contributed by atoms with Crippen molar-refractivity contribution in [1.82, 2.24) is 5.32 Å². The van der Waals surface area contributed by atoms with Crippen LogP contribution in [0.3, 0.4) is 0 Å². The minimum absolute atomic E-state index is 0.0239. The molecule has 0 spiro atoms. The van der Waals surface area contributed by atoms with Gasteiger partial charge < -0.3 is 14.8 Å². The van der Waals surface area contributed by atoms with Crippen LogP contribution in [0, 0.1) is 3.57 Å². The second-order valence-corrected chi connectivity index (χ2v) is 5.60. The third kappa shape index (κ3) is 3.07. The normalized spacial score (nSPS) is 12.0. The standard InChI is InChI=1S/C16H18INO2/c1-18-16(11-6-4-7-12(17)10-11)15-13(19-2)8-5-9-14(15)20-3/h4-10,16,18H,1-3H3. The van der Waals surface area contributed by atoms with Gasteiger partial charge in [0.05, 0.1) is 25.8 Å². The van der Waals surface area contributed by atoms with Crippen molar-refractivity contribution < 1.29 is 9.47 Å². The van der Waals surface area contributed by atoms with E-state index >= 15 is 0 Å². The summed E-state index contributed by atoms with van der Waals surface area (Å²) in [6.45, 7) is 0. The van der Waals surface area contributed by atoms with Gasteiger partial charge in [0, 0.05) is 3.57 Å². The molecule has 0 saturated heterocycles. The monoisotopic (exact) mass is 383 g/mol. The lowest BCUT2D eigenvalue weighted by Gasteiger charge is -2.22. The van der Waals surface area contributed by atoms with E-state index in [1.54, 1.807) is 14.2 Å². The van der Waals surface area contributed by atoms with Crippen molar-refractivity contribution in [2.45, 2.75) is 6.04 Å². The Labute approximate surface area is 133 Å². The minimum Gasteiger partial charge on any atom is -0.496 e. The first-order valence-corrected chi connectivity index (χ1v) is 7.42. The third-order valence-corrected chi connectivity index (χ3v) is 3.90. The molecule has 0 saturated carbocycles. The Kier molecular flexibility index (Phi) is 5.25. The maximum absolute atomic E-state index is 5.50. The van der Waals surface area contributed by atoms with Crippen molar-refractivity contribution in [3.8, 4) is 11.5 Å². The maximum Gasteiger partial charge on any atom is 0.127 e.